The summed E-state index contributed by atoms with van der Waals surface area (Å²) >= 11 is 0. The minimum Gasteiger partial charge on any atom is -0.497 e. The van der Waals surface area contributed by atoms with Crippen molar-refractivity contribution >= 4 is 12.0 Å². The molecule has 0 aliphatic heterocycles. The summed E-state index contributed by atoms with van der Waals surface area (Å²) in [6.07, 6.45) is 0.599. The number of nitrogens with zero attached hydrogens (tertiary/aromatic N) is 2. The van der Waals surface area contributed by atoms with E-state index < -0.39 is 5.97 Å². The molecule has 106 valence electrons. The number of ether oxygens (including phenoxy) is 1. The minimum absolute atomic E-state index is 0.104. The fourth-order valence-corrected chi connectivity index (χ4v) is 1.59. The lowest BCUT2D eigenvalue weighted by atomic mass is 10.2. The molecule has 7 nitrogen and oxygen atoms in total. The molecular weight excluding hydrogens is 262 g/mol. The van der Waals surface area contributed by atoms with E-state index in [0.29, 0.717) is 18.8 Å². The zero-order valence-electron chi connectivity index (χ0n) is 11.0. The summed E-state index contributed by atoms with van der Waals surface area (Å²) in [5.74, 6) is 0.397. The van der Waals surface area contributed by atoms with E-state index in [4.69, 9.17) is 14.4 Å². The molecule has 2 aromatic rings. The number of hydrogen-bond donors (Lipinski definition) is 2. The first-order chi connectivity index (χ1) is 9.69. The van der Waals surface area contributed by atoms with Gasteiger partial charge in [0.1, 0.15) is 5.75 Å². The number of aliphatic carboxylic acids is 1. The highest BCUT2D eigenvalue weighted by Gasteiger charge is 2.08. The quantitative estimate of drug-likeness (QED) is 0.747. The highest BCUT2D eigenvalue weighted by molar-refractivity contribution is 5.66. The number of anilines is 1. The van der Waals surface area contributed by atoms with E-state index >= 15 is 0 Å². The monoisotopic (exact) mass is 277 g/mol. The molecule has 0 saturated carbocycles. The summed E-state index contributed by atoms with van der Waals surface area (Å²) < 4.78 is 10.1. The van der Waals surface area contributed by atoms with E-state index in [1.54, 1.807) is 7.11 Å². The van der Waals surface area contributed by atoms with Crippen molar-refractivity contribution in [3.63, 3.8) is 0 Å². The first kappa shape index (κ1) is 13.9. The third-order valence-electron chi connectivity index (χ3n) is 2.62. The predicted molar refractivity (Wildman–Crippen MR) is 71.6 cm³/mol. The molecule has 20 heavy (non-hydrogen) atoms. The van der Waals surface area contributed by atoms with Crippen LogP contribution in [-0.4, -0.2) is 34.9 Å². The maximum Gasteiger partial charge on any atom is 0.321 e. The molecule has 1 aromatic heterocycles. The molecule has 0 fully saturated rings. The van der Waals surface area contributed by atoms with E-state index in [1.165, 1.54) is 0 Å². The van der Waals surface area contributed by atoms with Crippen LogP contribution in [0.15, 0.2) is 28.8 Å². The smallest absolute Gasteiger partial charge is 0.321 e. The lowest BCUT2D eigenvalue weighted by Crippen LogP contribution is -2.04. The van der Waals surface area contributed by atoms with Crippen LogP contribution in [0.5, 0.6) is 5.75 Å². The minimum atomic E-state index is -0.823. The molecular formula is C13H15N3O4. The maximum atomic E-state index is 10.4. The fourth-order valence-electron chi connectivity index (χ4n) is 1.59. The van der Waals surface area contributed by atoms with Gasteiger partial charge in [0.05, 0.1) is 7.11 Å². The maximum absolute atomic E-state index is 10.4. The average molecular weight is 277 g/mol. The third-order valence-corrected chi connectivity index (χ3v) is 2.62. The van der Waals surface area contributed by atoms with Gasteiger partial charge in [-0.25, -0.2) is 0 Å². The molecule has 1 aromatic carbocycles. The molecule has 0 unspecified atom stereocenters. The Morgan fingerprint density at radius 3 is 2.80 bits per heavy atom. The van der Waals surface area contributed by atoms with Crippen molar-refractivity contribution in [3.05, 3.63) is 24.3 Å². The second kappa shape index (κ2) is 6.55. The van der Waals surface area contributed by atoms with Crippen LogP contribution in [0.2, 0.25) is 0 Å². The first-order valence-electron chi connectivity index (χ1n) is 6.13. The molecule has 0 atom stereocenters. The van der Waals surface area contributed by atoms with Crippen LogP contribution in [0.4, 0.5) is 6.01 Å². The summed E-state index contributed by atoms with van der Waals surface area (Å²) in [5.41, 5.74) is 0.813. The lowest BCUT2D eigenvalue weighted by Gasteiger charge is -1.99. The van der Waals surface area contributed by atoms with Crippen molar-refractivity contribution in [2.24, 2.45) is 0 Å². The second-order valence-corrected chi connectivity index (χ2v) is 4.08. The van der Waals surface area contributed by atoms with Gasteiger partial charge in [-0.2, -0.15) is 4.98 Å². The van der Waals surface area contributed by atoms with Gasteiger partial charge in [-0.05, 0) is 30.7 Å². The first-order valence-corrected chi connectivity index (χ1v) is 6.13. The summed E-state index contributed by atoms with van der Waals surface area (Å²) in [6, 6.07) is 7.56. The lowest BCUT2D eigenvalue weighted by molar-refractivity contribution is -0.137. The van der Waals surface area contributed by atoms with Gasteiger partial charge in [-0.1, -0.05) is 5.16 Å². The Morgan fingerprint density at radius 2 is 2.15 bits per heavy atom. The van der Waals surface area contributed by atoms with E-state index in [1.807, 2.05) is 24.3 Å². The Labute approximate surface area is 115 Å². The van der Waals surface area contributed by atoms with E-state index in [9.17, 15) is 4.79 Å². The molecule has 0 saturated heterocycles. The third kappa shape index (κ3) is 3.71. The molecule has 0 aliphatic rings. The van der Waals surface area contributed by atoms with Crippen LogP contribution in [0.25, 0.3) is 11.4 Å². The number of carboxylic acid groups (broad SMARTS) is 1. The number of benzene rings is 1. The van der Waals surface area contributed by atoms with Crippen molar-refractivity contribution < 1.29 is 19.2 Å². The van der Waals surface area contributed by atoms with Gasteiger partial charge in [0.15, 0.2) is 0 Å². The number of carbonyl (C=O) groups is 1. The van der Waals surface area contributed by atoms with Gasteiger partial charge in [0.2, 0.25) is 5.82 Å². The highest BCUT2D eigenvalue weighted by Crippen LogP contribution is 2.20. The number of methoxy groups -OCH3 is 1. The molecule has 0 radical (unpaired) electrons. The Morgan fingerprint density at radius 1 is 1.40 bits per heavy atom. The average Bonchev–Trinajstić information content (AvgIpc) is 2.92. The van der Waals surface area contributed by atoms with Gasteiger partial charge >= 0.3 is 12.0 Å². The zero-order chi connectivity index (χ0) is 14.4. The predicted octanol–water partition coefficient (Wildman–Crippen LogP) is 2.02. The van der Waals surface area contributed by atoms with Crippen LogP contribution in [0.1, 0.15) is 12.8 Å². The van der Waals surface area contributed by atoms with Crippen molar-refractivity contribution in [1.82, 2.24) is 10.1 Å². The van der Waals surface area contributed by atoms with Gasteiger partial charge in [0, 0.05) is 18.5 Å². The van der Waals surface area contributed by atoms with E-state index in [-0.39, 0.29) is 12.4 Å². The number of aromatic nitrogens is 2. The molecule has 1 heterocycles. The molecule has 0 aliphatic carbocycles. The summed E-state index contributed by atoms with van der Waals surface area (Å²) in [6.45, 7) is 0.469. The van der Waals surface area contributed by atoms with E-state index in [2.05, 4.69) is 15.5 Å². The topological polar surface area (TPSA) is 97.5 Å². The van der Waals surface area contributed by atoms with Crippen LogP contribution in [0.3, 0.4) is 0 Å². The van der Waals surface area contributed by atoms with Crippen LogP contribution < -0.4 is 10.1 Å². The standard InChI is InChI=1S/C13H15N3O4/c1-19-10-6-4-9(5-7-10)12-15-13(20-16-12)14-8-2-3-11(17)18/h4-7H,2-3,8H2,1H3,(H,17,18)(H,14,15,16). The van der Waals surface area contributed by atoms with Gasteiger partial charge in [-0.15, -0.1) is 0 Å². The Hall–Kier alpha value is -2.57. The molecule has 0 spiro atoms. The summed E-state index contributed by atoms with van der Waals surface area (Å²) in [7, 11) is 1.60. The van der Waals surface area contributed by atoms with Gasteiger partial charge in [-0.3, -0.25) is 4.79 Å². The van der Waals surface area contributed by atoms with Crippen molar-refractivity contribution in [2.45, 2.75) is 12.8 Å². The highest BCUT2D eigenvalue weighted by atomic mass is 16.5. The molecule has 2 N–H and O–H groups in total. The SMILES string of the molecule is COc1ccc(-c2noc(NCCCC(=O)O)n2)cc1. The normalized spacial score (nSPS) is 10.2. The Bertz CT molecular complexity index is 565. The molecule has 0 bridgehead atoms. The molecule has 7 heteroatoms. The molecule has 0 amide bonds. The summed E-state index contributed by atoms with van der Waals surface area (Å²) in [5, 5.41) is 15.3. The van der Waals surface area contributed by atoms with Crippen LogP contribution in [0, 0.1) is 0 Å². The fraction of sp³-hybridized carbons (Fsp3) is 0.308. The number of carboxylic acids is 1. The number of rotatable bonds is 7. The zero-order valence-corrected chi connectivity index (χ0v) is 11.0. The Balaban J connectivity index is 1.92. The van der Waals surface area contributed by atoms with Crippen molar-refractivity contribution in [1.29, 1.82) is 0 Å². The second-order valence-electron chi connectivity index (χ2n) is 4.08. The number of nitrogens with one attached hydrogen (secondary N) is 1. The van der Waals surface area contributed by atoms with Crippen LogP contribution >= 0.6 is 0 Å². The van der Waals surface area contributed by atoms with E-state index in [0.717, 1.165) is 11.3 Å². The number of hydrogen-bond acceptors (Lipinski definition) is 6. The molecule has 2 rings (SSSR count). The Kier molecular flexibility index (Phi) is 4.54. The van der Waals surface area contributed by atoms with Crippen molar-refractivity contribution in [3.8, 4) is 17.1 Å². The largest absolute Gasteiger partial charge is 0.497 e. The van der Waals surface area contributed by atoms with Gasteiger partial charge < -0.3 is 19.7 Å². The van der Waals surface area contributed by atoms with Crippen molar-refractivity contribution in [2.75, 3.05) is 19.0 Å². The van der Waals surface area contributed by atoms with Gasteiger partial charge in [0.25, 0.3) is 0 Å². The van der Waals surface area contributed by atoms with Crippen LogP contribution in [-0.2, 0) is 4.79 Å². The summed E-state index contributed by atoms with van der Waals surface area (Å²) in [4.78, 5) is 14.5.